The van der Waals surface area contributed by atoms with Gasteiger partial charge in [-0.25, -0.2) is 8.78 Å². The number of benzene rings is 1. The summed E-state index contributed by atoms with van der Waals surface area (Å²) in [6, 6.07) is 4.54. The van der Waals surface area contributed by atoms with E-state index in [0.717, 1.165) is 6.08 Å². The molecule has 1 aromatic rings. The van der Waals surface area contributed by atoms with Gasteiger partial charge < -0.3 is 5.32 Å². The van der Waals surface area contributed by atoms with Crippen molar-refractivity contribution in [2.75, 3.05) is 0 Å². The third-order valence-electron chi connectivity index (χ3n) is 2.71. The molecule has 0 atom stereocenters. The van der Waals surface area contributed by atoms with E-state index in [1.165, 1.54) is 6.07 Å². The first-order valence-electron chi connectivity index (χ1n) is 6.11. The zero-order valence-corrected chi connectivity index (χ0v) is 12.9. The Bertz CT molecular complexity index is 553. The summed E-state index contributed by atoms with van der Waals surface area (Å²) in [6.07, 6.45) is 0.995. The second-order valence-corrected chi connectivity index (χ2v) is 5.45. The van der Waals surface area contributed by atoms with E-state index in [-0.39, 0.29) is 18.0 Å². The van der Waals surface area contributed by atoms with E-state index in [1.807, 2.05) is 0 Å². The summed E-state index contributed by atoms with van der Waals surface area (Å²) in [5.74, 6) is -1.93. The molecule has 1 aromatic carbocycles. The molecule has 0 aromatic heterocycles. The molecule has 0 aliphatic rings. The predicted octanol–water partition coefficient (Wildman–Crippen LogP) is 4.27. The number of carbonyl (C=O) groups is 1. The molecule has 0 unspecified atom stereocenters. The molecule has 0 bridgehead atoms. The van der Waals surface area contributed by atoms with Crippen molar-refractivity contribution >= 4 is 21.8 Å². The van der Waals surface area contributed by atoms with Crippen molar-refractivity contribution in [3.63, 3.8) is 0 Å². The van der Waals surface area contributed by atoms with Crippen molar-refractivity contribution in [3.8, 4) is 0 Å². The van der Waals surface area contributed by atoms with E-state index in [0.29, 0.717) is 10.0 Å². The molecule has 0 aliphatic heterocycles. The average molecular weight is 344 g/mol. The van der Waals surface area contributed by atoms with Crippen LogP contribution >= 0.6 is 15.9 Å². The number of rotatable bonds is 5. The Kier molecular flexibility index (Phi) is 6.07. The highest BCUT2D eigenvalue weighted by molar-refractivity contribution is 9.10. The van der Waals surface area contributed by atoms with E-state index in [1.54, 1.807) is 26.0 Å². The predicted molar refractivity (Wildman–Crippen MR) is 79.1 cm³/mol. The highest BCUT2D eigenvalue weighted by Crippen LogP contribution is 2.18. The molecule has 1 N–H and O–H groups in total. The lowest BCUT2D eigenvalue weighted by Crippen LogP contribution is -2.27. The number of halogens is 3. The minimum Gasteiger partial charge on any atom is -0.348 e. The molecule has 0 fully saturated rings. The summed E-state index contributed by atoms with van der Waals surface area (Å²) >= 11 is 3.15. The third kappa shape index (κ3) is 4.27. The molecule has 5 heteroatoms. The molecule has 0 saturated heterocycles. The minimum atomic E-state index is -0.659. The molecule has 20 heavy (non-hydrogen) atoms. The largest absolute Gasteiger partial charge is 0.348 e. The first-order valence-corrected chi connectivity index (χ1v) is 6.90. The van der Waals surface area contributed by atoms with Gasteiger partial charge in [-0.15, -0.1) is 0 Å². The Balaban J connectivity index is 2.83. The van der Waals surface area contributed by atoms with Gasteiger partial charge in [0.15, 0.2) is 0 Å². The fourth-order valence-electron chi connectivity index (χ4n) is 1.69. The van der Waals surface area contributed by atoms with Crippen LogP contribution in [0.15, 0.2) is 46.7 Å². The number of hydrogen-bond acceptors (Lipinski definition) is 1. The van der Waals surface area contributed by atoms with Gasteiger partial charge in [0, 0.05) is 16.6 Å². The van der Waals surface area contributed by atoms with Gasteiger partial charge >= 0.3 is 0 Å². The zero-order valence-electron chi connectivity index (χ0n) is 11.3. The first kappa shape index (κ1) is 16.6. The molecule has 0 saturated carbocycles. The monoisotopic (exact) mass is 343 g/mol. The number of amides is 1. The second kappa shape index (κ2) is 7.33. The van der Waals surface area contributed by atoms with Crippen LogP contribution in [0.3, 0.4) is 0 Å². The lowest BCUT2D eigenvalue weighted by atomic mass is 10.0. The first-order chi connectivity index (χ1) is 9.36. The lowest BCUT2D eigenvalue weighted by Gasteiger charge is -2.12. The molecule has 0 heterocycles. The van der Waals surface area contributed by atoms with E-state index < -0.39 is 17.6 Å². The number of allylic oxidation sites excluding steroid dienone is 2. The van der Waals surface area contributed by atoms with Crippen LogP contribution in [0.2, 0.25) is 0 Å². The van der Waals surface area contributed by atoms with E-state index >= 15 is 0 Å². The van der Waals surface area contributed by atoms with Crippen LogP contribution < -0.4 is 5.32 Å². The molecule has 1 amide bonds. The normalized spacial score (nSPS) is 12.1. The molecule has 2 nitrogen and oxygen atoms in total. The lowest BCUT2D eigenvalue weighted by molar-refractivity contribution is -0.118. The van der Waals surface area contributed by atoms with Crippen molar-refractivity contribution in [1.82, 2.24) is 5.32 Å². The van der Waals surface area contributed by atoms with Crippen molar-refractivity contribution < 1.29 is 13.6 Å². The van der Waals surface area contributed by atoms with Gasteiger partial charge in [0.05, 0.1) is 5.57 Å². The van der Waals surface area contributed by atoms with Crippen molar-refractivity contribution in [1.29, 1.82) is 0 Å². The number of hydrogen-bond donors (Lipinski definition) is 1. The summed E-state index contributed by atoms with van der Waals surface area (Å²) < 4.78 is 27.8. The Morgan fingerprint density at radius 3 is 2.65 bits per heavy atom. The number of carbonyl (C=O) groups excluding carboxylic acids is 1. The molecule has 1 rings (SSSR count). The maximum Gasteiger partial charge on any atom is 0.250 e. The van der Waals surface area contributed by atoms with Gasteiger partial charge in [-0.1, -0.05) is 42.4 Å². The van der Waals surface area contributed by atoms with Gasteiger partial charge in [-0.05, 0) is 24.1 Å². The van der Waals surface area contributed by atoms with Crippen LogP contribution in [0.1, 0.15) is 19.4 Å². The Morgan fingerprint density at radius 2 is 2.15 bits per heavy atom. The molecule has 0 spiro atoms. The summed E-state index contributed by atoms with van der Waals surface area (Å²) in [7, 11) is 0. The molecular weight excluding hydrogens is 328 g/mol. The van der Waals surface area contributed by atoms with Crippen LogP contribution in [-0.2, 0) is 11.3 Å². The summed E-state index contributed by atoms with van der Waals surface area (Å²) in [6.45, 7) is 6.72. The fraction of sp³-hybridized carbons (Fsp3) is 0.267. The smallest absolute Gasteiger partial charge is 0.250 e. The molecule has 108 valence electrons. The highest BCUT2D eigenvalue weighted by atomic mass is 79.9. The maximum absolute atomic E-state index is 13.6. The number of nitrogens with one attached hydrogen (secondary N) is 1. The van der Waals surface area contributed by atoms with Crippen LogP contribution in [0.4, 0.5) is 8.78 Å². The SMILES string of the molecule is C=C/C(F)=C(/C(=O)NCc1ccc(Br)cc1F)C(C)C. The molecule has 0 aliphatic carbocycles. The molecular formula is C15H16BrF2NO. The van der Waals surface area contributed by atoms with Crippen LogP contribution in [0.25, 0.3) is 0 Å². The zero-order chi connectivity index (χ0) is 15.3. The van der Waals surface area contributed by atoms with Crippen molar-refractivity contribution in [2.24, 2.45) is 5.92 Å². The van der Waals surface area contributed by atoms with E-state index in [4.69, 9.17) is 0 Å². The van der Waals surface area contributed by atoms with Crippen molar-refractivity contribution in [2.45, 2.75) is 20.4 Å². The van der Waals surface area contributed by atoms with Gasteiger partial charge in [0.1, 0.15) is 11.6 Å². The topological polar surface area (TPSA) is 29.1 Å². The maximum atomic E-state index is 13.6. The summed E-state index contributed by atoms with van der Waals surface area (Å²) in [4.78, 5) is 11.9. The third-order valence-corrected chi connectivity index (χ3v) is 3.21. The van der Waals surface area contributed by atoms with Crippen LogP contribution in [0.5, 0.6) is 0 Å². The average Bonchev–Trinajstić information content (AvgIpc) is 2.37. The fourth-order valence-corrected chi connectivity index (χ4v) is 2.03. The second-order valence-electron chi connectivity index (χ2n) is 4.54. The van der Waals surface area contributed by atoms with E-state index in [2.05, 4.69) is 27.8 Å². The minimum absolute atomic E-state index is 0.00140. The van der Waals surface area contributed by atoms with Gasteiger partial charge in [0.25, 0.3) is 5.91 Å². The van der Waals surface area contributed by atoms with Crippen LogP contribution in [-0.4, -0.2) is 5.91 Å². The van der Waals surface area contributed by atoms with Gasteiger partial charge in [0.2, 0.25) is 0 Å². The van der Waals surface area contributed by atoms with Crippen molar-refractivity contribution in [3.05, 3.63) is 58.1 Å². The van der Waals surface area contributed by atoms with E-state index in [9.17, 15) is 13.6 Å². The summed E-state index contributed by atoms with van der Waals surface area (Å²) in [5, 5.41) is 2.52. The highest BCUT2D eigenvalue weighted by Gasteiger charge is 2.18. The van der Waals surface area contributed by atoms with Crippen LogP contribution in [0, 0.1) is 11.7 Å². The van der Waals surface area contributed by atoms with Gasteiger partial charge in [-0.3, -0.25) is 4.79 Å². The molecule has 0 radical (unpaired) electrons. The Hall–Kier alpha value is -1.49. The quantitative estimate of drug-likeness (QED) is 0.627. The Morgan fingerprint density at radius 1 is 1.50 bits per heavy atom. The Labute approximate surface area is 125 Å². The van der Waals surface area contributed by atoms with Gasteiger partial charge in [-0.2, -0.15) is 0 Å². The summed E-state index contributed by atoms with van der Waals surface area (Å²) in [5.41, 5.74) is 0.348. The standard InChI is InChI=1S/C15H16BrF2NO/c1-4-12(17)14(9(2)3)15(20)19-8-10-5-6-11(16)7-13(10)18/h4-7,9H,1,8H2,2-3H3,(H,19,20)/b14-12-.